The molecule has 0 saturated carbocycles. The summed E-state index contributed by atoms with van der Waals surface area (Å²) in [6.45, 7) is 5.12. The Hall–Kier alpha value is -2.20. The summed E-state index contributed by atoms with van der Waals surface area (Å²) in [4.78, 5) is 47.1. The van der Waals surface area contributed by atoms with Crippen LogP contribution in [0.2, 0.25) is 0 Å². The molecule has 0 heterocycles. The first kappa shape index (κ1) is 24.8. The van der Waals surface area contributed by atoms with Gasteiger partial charge in [-0.15, -0.1) is 0 Å². The van der Waals surface area contributed by atoms with Crippen LogP contribution in [0.4, 0.5) is 0 Å². The van der Waals surface area contributed by atoms with Crippen molar-refractivity contribution in [3.8, 4) is 0 Å². The third-order valence-electron chi connectivity index (χ3n) is 4.31. The van der Waals surface area contributed by atoms with Gasteiger partial charge in [0, 0.05) is 0 Å². The summed E-state index contributed by atoms with van der Waals surface area (Å²) >= 11 is 0. The number of nitrogens with one attached hydrogen (secondary N) is 3. The number of carboxylic acid groups (broad SMARTS) is 1. The molecule has 27 heavy (non-hydrogen) atoms. The van der Waals surface area contributed by atoms with E-state index < -0.39 is 48.4 Å². The van der Waals surface area contributed by atoms with Gasteiger partial charge in [0.1, 0.15) is 18.6 Å². The van der Waals surface area contributed by atoms with E-state index in [9.17, 15) is 19.2 Å². The van der Waals surface area contributed by atoms with Crippen molar-refractivity contribution in [2.75, 3.05) is 13.1 Å². The Morgan fingerprint density at radius 1 is 1.00 bits per heavy atom. The lowest BCUT2D eigenvalue weighted by Gasteiger charge is -2.24. The Morgan fingerprint density at radius 3 is 2.15 bits per heavy atom. The first-order valence-corrected chi connectivity index (χ1v) is 9.19. The zero-order chi connectivity index (χ0) is 21.0. The van der Waals surface area contributed by atoms with Gasteiger partial charge in [-0.2, -0.15) is 0 Å². The second kappa shape index (κ2) is 13.0. The van der Waals surface area contributed by atoms with E-state index in [-0.39, 0.29) is 5.92 Å². The number of carbonyl (C=O) groups excluding carboxylic acids is 3. The molecule has 0 aromatic carbocycles. The van der Waals surface area contributed by atoms with Gasteiger partial charge in [0.2, 0.25) is 17.7 Å². The Bertz CT molecular complexity index is 514. The van der Waals surface area contributed by atoms with Gasteiger partial charge in [-0.25, -0.2) is 0 Å². The maximum Gasteiger partial charge on any atom is 0.322 e. The second-order valence-corrected chi connectivity index (χ2v) is 6.60. The molecule has 4 unspecified atom stereocenters. The summed E-state index contributed by atoms with van der Waals surface area (Å²) < 4.78 is 0. The minimum absolute atomic E-state index is 0.0431. The average molecular weight is 387 g/mol. The van der Waals surface area contributed by atoms with Crippen LogP contribution in [-0.4, -0.2) is 60.0 Å². The number of aliphatic carboxylic acids is 1. The van der Waals surface area contributed by atoms with Crippen LogP contribution in [0.5, 0.6) is 0 Å². The van der Waals surface area contributed by atoms with Crippen LogP contribution in [0.15, 0.2) is 0 Å². The van der Waals surface area contributed by atoms with Gasteiger partial charge in [0.05, 0.1) is 6.04 Å². The lowest BCUT2D eigenvalue weighted by molar-refractivity contribution is -0.138. The molecule has 0 aliphatic rings. The number of hydrogen-bond donors (Lipinski definition) is 6. The molecule has 4 atom stereocenters. The van der Waals surface area contributed by atoms with Gasteiger partial charge < -0.3 is 32.5 Å². The largest absolute Gasteiger partial charge is 0.480 e. The zero-order valence-corrected chi connectivity index (χ0v) is 16.3. The van der Waals surface area contributed by atoms with E-state index in [0.717, 1.165) is 6.42 Å². The normalized spacial score (nSPS) is 15.1. The molecule has 0 saturated heterocycles. The van der Waals surface area contributed by atoms with Crippen LogP contribution >= 0.6 is 0 Å². The molecule has 156 valence electrons. The van der Waals surface area contributed by atoms with Crippen LogP contribution in [0.1, 0.15) is 46.5 Å². The summed E-state index contributed by atoms with van der Waals surface area (Å²) in [5.41, 5.74) is 11.4. The molecule has 0 fully saturated rings. The maximum atomic E-state index is 12.5. The molecule has 0 bridgehead atoms. The molecular formula is C17H33N5O5. The number of carbonyl (C=O) groups is 4. The Labute approximate surface area is 159 Å². The van der Waals surface area contributed by atoms with E-state index in [1.165, 1.54) is 6.92 Å². The summed E-state index contributed by atoms with van der Waals surface area (Å²) in [5.74, 6) is -2.82. The molecule has 3 amide bonds. The molecule has 8 N–H and O–H groups in total. The SMILES string of the molecule is CCC(C)C(N)C(=O)NC(CCCCN)C(=O)NC(C)C(=O)NCC(=O)O. The molecule has 0 aromatic rings. The Morgan fingerprint density at radius 2 is 1.63 bits per heavy atom. The number of nitrogens with two attached hydrogens (primary N) is 2. The van der Waals surface area contributed by atoms with Crippen LogP contribution in [0.25, 0.3) is 0 Å². The van der Waals surface area contributed by atoms with Crippen molar-refractivity contribution in [2.45, 2.75) is 64.6 Å². The predicted octanol–water partition coefficient (Wildman–Crippen LogP) is -1.32. The molecule has 0 rings (SSSR count). The standard InChI is InChI=1S/C17H33N5O5/c1-4-10(2)14(19)17(27)22-12(7-5-6-8-18)16(26)21-11(3)15(25)20-9-13(23)24/h10-12,14H,4-9,18-19H2,1-3H3,(H,20,25)(H,21,26)(H,22,27)(H,23,24). The number of hydrogen-bond acceptors (Lipinski definition) is 6. The van der Waals surface area contributed by atoms with E-state index in [1.54, 1.807) is 0 Å². The van der Waals surface area contributed by atoms with Crippen molar-refractivity contribution < 1.29 is 24.3 Å². The lowest BCUT2D eigenvalue weighted by atomic mass is 9.98. The van der Waals surface area contributed by atoms with Crippen LogP contribution in [-0.2, 0) is 19.2 Å². The fourth-order valence-corrected chi connectivity index (χ4v) is 2.24. The molecule has 0 radical (unpaired) electrons. The van der Waals surface area contributed by atoms with Gasteiger partial charge in [0.15, 0.2) is 0 Å². The Balaban J connectivity index is 4.89. The molecule has 0 aliphatic heterocycles. The van der Waals surface area contributed by atoms with Crippen molar-refractivity contribution >= 4 is 23.7 Å². The van der Waals surface area contributed by atoms with E-state index >= 15 is 0 Å². The van der Waals surface area contributed by atoms with E-state index in [4.69, 9.17) is 16.6 Å². The number of rotatable bonds is 13. The third-order valence-corrected chi connectivity index (χ3v) is 4.31. The monoisotopic (exact) mass is 387 g/mol. The highest BCUT2D eigenvalue weighted by atomic mass is 16.4. The van der Waals surface area contributed by atoms with Crippen molar-refractivity contribution in [2.24, 2.45) is 17.4 Å². The quantitative estimate of drug-likeness (QED) is 0.212. The zero-order valence-electron chi connectivity index (χ0n) is 16.3. The molecule has 10 heteroatoms. The third kappa shape index (κ3) is 9.90. The fourth-order valence-electron chi connectivity index (χ4n) is 2.24. The minimum atomic E-state index is -1.19. The van der Waals surface area contributed by atoms with Crippen molar-refractivity contribution in [1.29, 1.82) is 0 Å². The number of carboxylic acids is 1. The van der Waals surface area contributed by atoms with Gasteiger partial charge in [-0.1, -0.05) is 20.3 Å². The summed E-state index contributed by atoms with van der Waals surface area (Å²) in [7, 11) is 0. The summed E-state index contributed by atoms with van der Waals surface area (Å²) in [6, 6.07) is -2.54. The number of unbranched alkanes of at least 4 members (excludes halogenated alkanes) is 1. The highest BCUT2D eigenvalue weighted by Crippen LogP contribution is 2.07. The smallest absolute Gasteiger partial charge is 0.322 e. The summed E-state index contributed by atoms with van der Waals surface area (Å²) in [6.07, 6.45) is 2.38. The van der Waals surface area contributed by atoms with Crippen molar-refractivity contribution in [1.82, 2.24) is 16.0 Å². The maximum absolute atomic E-state index is 12.5. The van der Waals surface area contributed by atoms with Gasteiger partial charge in [0.25, 0.3) is 0 Å². The van der Waals surface area contributed by atoms with Crippen LogP contribution in [0.3, 0.4) is 0 Å². The van der Waals surface area contributed by atoms with Crippen LogP contribution in [0, 0.1) is 5.92 Å². The van der Waals surface area contributed by atoms with Gasteiger partial charge >= 0.3 is 5.97 Å². The molecule has 0 aliphatic carbocycles. The van der Waals surface area contributed by atoms with Gasteiger partial charge in [-0.3, -0.25) is 19.2 Å². The fraction of sp³-hybridized carbons (Fsp3) is 0.765. The highest BCUT2D eigenvalue weighted by molar-refractivity contribution is 5.93. The lowest BCUT2D eigenvalue weighted by Crippen LogP contribution is -2.56. The second-order valence-electron chi connectivity index (χ2n) is 6.60. The van der Waals surface area contributed by atoms with E-state index in [0.29, 0.717) is 25.8 Å². The first-order valence-electron chi connectivity index (χ1n) is 9.19. The van der Waals surface area contributed by atoms with E-state index in [2.05, 4.69) is 16.0 Å². The molecular weight excluding hydrogens is 354 g/mol. The summed E-state index contributed by atoms with van der Waals surface area (Å²) in [5, 5.41) is 15.9. The first-order chi connectivity index (χ1) is 12.6. The topological polar surface area (TPSA) is 177 Å². The molecule has 10 nitrogen and oxygen atoms in total. The van der Waals surface area contributed by atoms with Gasteiger partial charge in [-0.05, 0) is 38.6 Å². The minimum Gasteiger partial charge on any atom is -0.480 e. The van der Waals surface area contributed by atoms with E-state index in [1.807, 2.05) is 13.8 Å². The highest BCUT2D eigenvalue weighted by Gasteiger charge is 2.27. The Kier molecular flexibility index (Phi) is 12.0. The number of amides is 3. The van der Waals surface area contributed by atoms with Crippen molar-refractivity contribution in [3.05, 3.63) is 0 Å². The molecule has 0 aromatic heterocycles. The van der Waals surface area contributed by atoms with Crippen molar-refractivity contribution in [3.63, 3.8) is 0 Å². The average Bonchev–Trinajstić information content (AvgIpc) is 2.63. The van der Waals surface area contributed by atoms with Crippen LogP contribution < -0.4 is 27.4 Å². The molecule has 0 spiro atoms. The predicted molar refractivity (Wildman–Crippen MR) is 101 cm³/mol.